The second-order valence-corrected chi connectivity index (χ2v) is 11.7. The fourth-order valence-corrected chi connectivity index (χ4v) is 6.45. The summed E-state index contributed by atoms with van der Waals surface area (Å²) in [5.41, 5.74) is 2.16. The van der Waals surface area contributed by atoms with Crippen molar-refractivity contribution in [3.63, 3.8) is 0 Å². The standard InChI is InChI=1S/C37H33N3O7/c1-24(8-6-7-19-41)37(45)28-20-27(40-31-10-3-5-12-33(31)47-23-35(40)43)17-18-29(28)38(36(37)44)21-25-13-15-26(16-14-25)39-30-9-2-4-11-32(30)46-22-34(39)42/h2-6,8-18,20,24,41,45H,7,19,21-23H2,1H3/b8-6+/t24-,37+/m1/s1. The number of benzene rings is 4. The number of ether oxygens (including phenoxy) is 2. The molecule has 0 fully saturated rings. The predicted octanol–water partition coefficient (Wildman–Crippen LogP) is 5.11. The normalized spacial score (nSPS) is 19.3. The van der Waals surface area contributed by atoms with E-state index in [1.165, 1.54) is 0 Å². The van der Waals surface area contributed by atoms with Crippen molar-refractivity contribution in [3.05, 3.63) is 114 Å². The van der Waals surface area contributed by atoms with Crippen molar-refractivity contribution in [1.82, 2.24) is 0 Å². The Kier molecular flexibility index (Phi) is 7.75. The molecule has 0 unspecified atom stereocenters. The largest absolute Gasteiger partial charge is 0.482 e. The second kappa shape index (κ2) is 12.1. The van der Waals surface area contributed by atoms with E-state index in [1.807, 2.05) is 60.7 Å². The fraction of sp³-hybridized carbons (Fsp3) is 0.216. The Bertz CT molecular complexity index is 1910. The molecular formula is C37H33N3O7. The van der Waals surface area contributed by atoms with Gasteiger partial charge < -0.3 is 24.6 Å². The molecule has 7 rings (SSSR count). The van der Waals surface area contributed by atoms with Crippen molar-refractivity contribution in [2.24, 2.45) is 5.92 Å². The molecule has 3 aliphatic heterocycles. The van der Waals surface area contributed by atoms with Gasteiger partial charge in [0.15, 0.2) is 18.8 Å². The number of aliphatic hydroxyl groups excluding tert-OH is 1. The maximum atomic E-state index is 14.2. The lowest BCUT2D eigenvalue weighted by molar-refractivity contribution is -0.139. The van der Waals surface area contributed by atoms with Crippen LogP contribution in [0.1, 0.15) is 24.5 Å². The van der Waals surface area contributed by atoms with E-state index in [-0.39, 0.29) is 38.2 Å². The maximum Gasteiger partial charge on any atom is 0.269 e. The first kappa shape index (κ1) is 30.2. The summed E-state index contributed by atoms with van der Waals surface area (Å²) < 4.78 is 11.2. The Morgan fingerprint density at radius 1 is 0.787 bits per heavy atom. The number of rotatable bonds is 8. The van der Waals surface area contributed by atoms with Crippen LogP contribution in [0.2, 0.25) is 0 Å². The number of carbonyl (C=O) groups excluding carboxylic acids is 3. The van der Waals surface area contributed by atoms with Gasteiger partial charge in [0.05, 0.1) is 23.6 Å². The number of anilines is 5. The van der Waals surface area contributed by atoms with Gasteiger partial charge in [0, 0.05) is 29.5 Å². The molecule has 3 heterocycles. The van der Waals surface area contributed by atoms with E-state index >= 15 is 0 Å². The topological polar surface area (TPSA) is 120 Å². The fourth-order valence-electron chi connectivity index (χ4n) is 6.45. The lowest BCUT2D eigenvalue weighted by atomic mass is 9.82. The highest BCUT2D eigenvalue weighted by molar-refractivity contribution is 6.09. The van der Waals surface area contributed by atoms with Crippen LogP contribution >= 0.6 is 0 Å². The van der Waals surface area contributed by atoms with Crippen LogP contribution in [0.25, 0.3) is 0 Å². The molecule has 3 amide bonds. The van der Waals surface area contributed by atoms with Gasteiger partial charge in [-0.2, -0.15) is 0 Å². The molecule has 0 radical (unpaired) electrons. The van der Waals surface area contributed by atoms with Crippen LogP contribution < -0.4 is 24.2 Å². The van der Waals surface area contributed by atoms with E-state index in [2.05, 4.69) is 0 Å². The van der Waals surface area contributed by atoms with E-state index in [4.69, 9.17) is 9.47 Å². The molecule has 10 heteroatoms. The van der Waals surface area contributed by atoms with Gasteiger partial charge in [-0.05, 0) is 66.6 Å². The van der Waals surface area contributed by atoms with Crippen molar-refractivity contribution in [1.29, 1.82) is 0 Å². The Morgan fingerprint density at radius 2 is 1.36 bits per heavy atom. The van der Waals surface area contributed by atoms with Crippen molar-refractivity contribution >= 4 is 46.2 Å². The first-order valence-electron chi connectivity index (χ1n) is 15.5. The van der Waals surface area contributed by atoms with Crippen LogP contribution in [0, 0.1) is 5.92 Å². The molecule has 0 saturated carbocycles. The van der Waals surface area contributed by atoms with Crippen molar-refractivity contribution < 1.29 is 34.1 Å². The number of nitrogens with zero attached hydrogens (tertiary/aromatic N) is 3. The molecule has 4 aromatic carbocycles. The monoisotopic (exact) mass is 631 g/mol. The first-order valence-corrected chi connectivity index (χ1v) is 15.5. The molecule has 0 aliphatic carbocycles. The maximum absolute atomic E-state index is 14.2. The van der Waals surface area contributed by atoms with E-state index in [9.17, 15) is 24.6 Å². The molecule has 2 N–H and O–H groups in total. The SMILES string of the molecule is C[C@H](/C=C/CCO)[C@@]1(O)C(=O)N(Cc2ccc(N3C(=O)COc4ccccc43)cc2)c2ccc(N3C(=O)COc4ccccc43)cc21. The van der Waals surface area contributed by atoms with Gasteiger partial charge in [-0.25, -0.2) is 0 Å². The zero-order valence-electron chi connectivity index (χ0n) is 25.7. The minimum absolute atomic E-state index is 0.0569. The van der Waals surface area contributed by atoms with Crippen LogP contribution in [-0.4, -0.2) is 47.8 Å². The van der Waals surface area contributed by atoms with Crippen LogP contribution in [0.4, 0.5) is 28.4 Å². The van der Waals surface area contributed by atoms with Gasteiger partial charge in [0.2, 0.25) is 0 Å². The van der Waals surface area contributed by atoms with Crippen molar-refractivity contribution in [2.45, 2.75) is 25.5 Å². The van der Waals surface area contributed by atoms with E-state index in [0.717, 1.165) is 5.56 Å². The van der Waals surface area contributed by atoms with Crippen molar-refractivity contribution in [3.8, 4) is 11.5 Å². The molecule has 10 nitrogen and oxygen atoms in total. The highest BCUT2D eigenvalue weighted by Crippen LogP contribution is 2.49. The third-order valence-electron chi connectivity index (χ3n) is 8.84. The molecule has 47 heavy (non-hydrogen) atoms. The number of hydrogen-bond donors (Lipinski definition) is 2. The van der Waals surface area contributed by atoms with Gasteiger partial charge >= 0.3 is 0 Å². The number of hydrogen-bond acceptors (Lipinski definition) is 7. The smallest absolute Gasteiger partial charge is 0.269 e. The summed E-state index contributed by atoms with van der Waals surface area (Å²) in [6.45, 7) is 1.66. The average Bonchev–Trinajstić information content (AvgIpc) is 3.30. The van der Waals surface area contributed by atoms with E-state index < -0.39 is 17.4 Å². The third-order valence-corrected chi connectivity index (χ3v) is 8.84. The summed E-state index contributed by atoms with van der Waals surface area (Å²) in [5.74, 6) is -0.426. The van der Waals surface area contributed by atoms with Crippen LogP contribution in [0.15, 0.2) is 103 Å². The number of aliphatic hydroxyl groups is 2. The number of carbonyl (C=O) groups is 3. The highest BCUT2D eigenvalue weighted by atomic mass is 16.5. The average molecular weight is 632 g/mol. The minimum Gasteiger partial charge on any atom is -0.482 e. The first-order chi connectivity index (χ1) is 22.8. The Labute approximate surface area is 271 Å². The minimum atomic E-state index is -1.93. The molecule has 238 valence electrons. The number of para-hydroxylation sites is 4. The molecular weight excluding hydrogens is 598 g/mol. The van der Waals surface area contributed by atoms with Crippen molar-refractivity contribution in [2.75, 3.05) is 34.5 Å². The zero-order valence-corrected chi connectivity index (χ0v) is 25.7. The molecule has 4 aromatic rings. The molecule has 3 aliphatic rings. The summed E-state index contributed by atoms with van der Waals surface area (Å²) in [6.07, 6.45) is 3.86. The summed E-state index contributed by atoms with van der Waals surface area (Å²) in [6, 6.07) is 27.2. The molecule has 0 aromatic heterocycles. The van der Waals surface area contributed by atoms with Crippen LogP contribution in [0.5, 0.6) is 11.5 Å². The van der Waals surface area contributed by atoms with Crippen LogP contribution in [-0.2, 0) is 26.5 Å². The van der Waals surface area contributed by atoms with Gasteiger partial charge in [0.25, 0.3) is 17.7 Å². The third kappa shape index (κ3) is 5.11. The second-order valence-electron chi connectivity index (χ2n) is 11.7. The summed E-state index contributed by atoms with van der Waals surface area (Å²) in [7, 11) is 0. The quantitative estimate of drug-likeness (QED) is 0.260. The molecule has 0 spiro atoms. The lowest BCUT2D eigenvalue weighted by Gasteiger charge is -2.31. The predicted molar refractivity (Wildman–Crippen MR) is 176 cm³/mol. The van der Waals surface area contributed by atoms with Gasteiger partial charge in [-0.15, -0.1) is 0 Å². The highest BCUT2D eigenvalue weighted by Gasteiger charge is 2.53. The molecule has 0 saturated heterocycles. The van der Waals surface area contributed by atoms with E-state index in [1.54, 1.807) is 64.1 Å². The van der Waals surface area contributed by atoms with E-state index in [0.29, 0.717) is 51.9 Å². The Morgan fingerprint density at radius 3 is 1.98 bits per heavy atom. The van der Waals surface area contributed by atoms with Gasteiger partial charge in [-0.3, -0.25) is 24.2 Å². The molecule has 2 atom stereocenters. The van der Waals surface area contributed by atoms with Crippen LogP contribution in [0.3, 0.4) is 0 Å². The number of fused-ring (bicyclic) bond motifs is 3. The van der Waals surface area contributed by atoms with Gasteiger partial charge in [0.1, 0.15) is 11.5 Å². The lowest BCUT2D eigenvalue weighted by Crippen LogP contribution is -2.44. The van der Waals surface area contributed by atoms with Gasteiger partial charge in [-0.1, -0.05) is 55.5 Å². The zero-order chi connectivity index (χ0) is 32.7. The number of amides is 3. The Hall–Kier alpha value is -5.45. The Balaban J connectivity index is 1.24. The summed E-state index contributed by atoms with van der Waals surface area (Å²) in [4.78, 5) is 44.9. The summed E-state index contributed by atoms with van der Waals surface area (Å²) >= 11 is 0. The molecule has 0 bridgehead atoms. The summed E-state index contributed by atoms with van der Waals surface area (Å²) in [5, 5.41) is 21.6.